The van der Waals surface area contributed by atoms with Gasteiger partial charge in [-0.05, 0) is 23.8 Å². The highest BCUT2D eigenvalue weighted by Crippen LogP contribution is 2.20. The quantitative estimate of drug-likeness (QED) is 0.822. The summed E-state index contributed by atoms with van der Waals surface area (Å²) >= 11 is 11.3. The van der Waals surface area contributed by atoms with E-state index in [0.717, 1.165) is 6.61 Å². The zero-order valence-corrected chi connectivity index (χ0v) is 8.64. The molecule has 0 aliphatic heterocycles. The highest BCUT2D eigenvalue weighted by Gasteiger charge is 1.99. The van der Waals surface area contributed by atoms with Gasteiger partial charge in [0.2, 0.25) is 0 Å². The minimum absolute atomic E-state index is 0.420. The van der Waals surface area contributed by atoms with E-state index in [2.05, 4.69) is 4.18 Å². The lowest BCUT2D eigenvalue weighted by Crippen LogP contribution is -1.87. The van der Waals surface area contributed by atoms with Crippen molar-refractivity contribution in [1.29, 1.82) is 0 Å². The first-order valence-corrected chi connectivity index (χ1v) is 5.03. The fourth-order valence-electron chi connectivity index (χ4n) is 0.747. The maximum absolute atomic E-state index is 10.1. The average molecular weight is 240 g/mol. The third kappa shape index (κ3) is 3.95. The largest absolute Gasteiger partial charge is 0.261 e. The Bertz CT molecular complexity index is 348. The molecule has 0 unspecified atom stereocenters. The highest BCUT2D eigenvalue weighted by molar-refractivity contribution is 7.67. The van der Waals surface area contributed by atoms with Crippen LogP contribution in [0.3, 0.4) is 0 Å². The summed E-state index contributed by atoms with van der Waals surface area (Å²) in [5.74, 6) is 0. The Balaban J connectivity index is 2.77. The van der Waals surface area contributed by atoms with Gasteiger partial charge in [0, 0.05) is 10.0 Å². The standard InChI is InChI=1S/C7H5Cl2O3S/c8-6-1-5(2-7(9)3-6)4-12-13(10)11/h1-4,13H. The van der Waals surface area contributed by atoms with Gasteiger partial charge in [0.15, 0.2) is 0 Å². The average Bonchev–Trinajstić information content (AvgIpc) is 1.99. The third-order valence-corrected chi connectivity index (χ3v) is 1.87. The van der Waals surface area contributed by atoms with Crippen LogP contribution in [0.5, 0.6) is 0 Å². The molecule has 0 aliphatic rings. The molecule has 0 fully saturated rings. The van der Waals surface area contributed by atoms with E-state index in [0.29, 0.717) is 15.6 Å². The van der Waals surface area contributed by atoms with Gasteiger partial charge in [0.05, 0.1) is 0 Å². The van der Waals surface area contributed by atoms with Crippen LogP contribution in [-0.4, -0.2) is 8.42 Å². The number of rotatable bonds is 3. The van der Waals surface area contributed by atoms with Crippen molar-refractivity contribution < 1.29 is 12.6 Å². The smallest absolute Gasteiger partial charge is 0.257 e. The minimum atomic E-state index is -2.89. The summed E-state index contributed by atoms with van der Waals surface area (Å²) in [5.41, 5.74) is 0.497. The van der Waals surface area contributed by atoms with Crippen LogP contribution in [0, 0.1) is 6.61 Å². The van der Waals surface area contributed by atoms with Crippen molar-refractivity contribution in [3.63, 3.8) is 0 Å². The predicted molar refractivity (Wildman–Crippen MR) is 51.3 cm³/mol. The van der Waals surface area contributed by atoms with E-state index < -0.39 is 11.0 Å². The Hall–Kier alpha value is -0.290. The van der Waals surface area contributed by atoms with E-state index >= 15 is 0 Å². The molecule has 71 valence electrons. The van der Waals surface area contributed by atoms with Gasteiger partial charge < -0.3 is 0 Å². The first-order valence-electron chi connectivity index (χ1n) is 3.18. The zero-order valence-electron chi connectivity index (χ0n) is 6.24. The SMILES string of the molecule is O=[SH](=O)O[CH]c1cc(Cl)cc(Cl)c1. The molecule has 0 amide bonds. The number of hydrogen-bond donors (Lipinski definition) is 1. The molecule has 1 rings (SSSR count). The molecule has 0 heterocycles. The number of benzene rings is 1. The Morgan fingerprint density at radius 2 is 1.69 bits per heavy atom. The van der Waals surface area contributed by atoms with Gasteiger partial charge in [-0.15, -0.1) is 0 Å². The molecule has 0 aromatic heterocycles. The molecule has 1 aromatic rings. The Kier molecular flexibility index (Phi) is 3.99. The van der Waals surface area contributed by atoms with Crippen LogP contribution in [0.15, 0.2) is 18.2 Å². The van der Waals surface area contributed by atoms with Crippen LogP contribution in [0.1, 0.15) is 5.56 Å². The summed E-state index contributed by atoms with van der Waals surface area (Å²) < 4.78 is 24.4. The molecule has 6 heteroatoms. The maximum Gasteiger partial charge on any atom is 0.257 e. The second kappa shape index (κ2) is 4.81. The van der Waals surface area contributed by atoms with Crippen molar-refractivity contribution in [2.75, 3.05) is 0 Å². The predicted octanol–water partition coefficient (Wildman–Crippen LogP) is 2.05. The van der Waals surface area contributed by atoms with E-state index in [4.69, 9.17) is 23.2 Å². The normalized spacial score (nSPS) is 10.7. The number of halogens is 2. The van der Waals surface area contributed by atoms with Crippen LogP contribution in [0.2, 0.25) is 10.0 Å². The molecule has 0 saturated heterocycles. The summed E-state index contributed by atoms with van der Waals surface area (Å²) in [6, 6.07) is 4.61. The van der Waals surface area contributed by atoms with Crippen molar-refractivity contribution in [2.24, 2.45) is 0 Å². The zero-order chi connectivity index (χ0) is 9.84. The summed E-state index contributed by atoms with van der Waals surface area (Å²) in [4.78, 5) is 0. The molecule has 0 spiro atoms. The van der Waals surface area contributed by atoms with Crippen molar-refractivity contribution >= 4 is 34.2 Å². The molecule has 0 N–H and O–H groups in total. The molecule has 0 saturated carbocycles. The summed E-state index contributed by atoms with van der Waals surface area (Å²) in [7, 11) is -2.89. The maximum atomic E-state index is 10.1. The van der Waals surface area contributed by atoms with E-state index in [-0.39, 0.29) is 0 Å². The van der Waals surface area contributed by atoms with Crippen LogP contribution in [0.4, 0.5) is 0 Å². The van der Waals surface area contributed by atoms with Crippen LogP contribution in [0.25, 0.3) is 0 Å². The van der Waals surface area contributed by atoms with Gasteiger partial charge in [-0.2, -0.15) is 0 Å². The van der Waals surface area contributed by atoms with Crippen LogP contribution >= 0.6 is 23.2 Å². The molecule has 3 nitrogen and oxygen atoms in total. The number of hydrogen-bond acceptors (Lipinski definition) is 3. The van der Waals surface area contributed by atoms with E-state index in [1.54, 1.807) is 0 Å². The molecule has 1 aromatic carbocycles. The fraction of sp³-hybridized carbons (Fsp3) is 0. The molecule has 0 atom stereocenters. The Morgan fingerprint density at radius 3 is 2.15 bits per heavy atom. The van der Waals surface area contributed by atoms with Gasteiger partial charge in [0.1, 0.15) is 6.61 Å². The molecule has 1 radical (unpaired) electrons. The molecule has 13 heavy (non-hydrogen) atoms. The van der Waals surface area contributed by atoms with E-state index in [1.165, 1.54) is 18.2 Å². The Labute approximate surface area is 87.4 Å². The van der Waals surface area contributed by atoms with Crippen molar-refractivity contribution in [3.8, 4) is 0 Å². The lowest BCUT2D eigenvalue weighted by Gasteiger charge is -1.99. The van der Waals surface area contributed by atoms with Crippen molar-refractivity contribution in [2.45, 2.75) is 0 Å². The topological polar surface area (TPSA) is 43.4 Å². The molecule has 0 bridgehead atoms. The van der Waals surface area contributed by atoms with Crippen LogP contribution < -0.4 is 0 Å². The molecule has 0 aliphatic carbocycles. The second-order valence-corrected chi connectivity index (χ2v) is 3.68. The second-order valence-electron chi connectivity index (χ2n) is 2.15. The highest BCUT2D eigenvalue weighted by atomic mass is 35.5. The van der Waals surface area contributed by atoms with E-state index in [9.17, 15) is 8.42 Å². The van der Waals surface area contributed by atoms with Gasteiger partial charge in [-0.3, -0.25) is 4.18 Å². The first kappa shape index (κ1) is 10.8. The molecular weight excluding hydrogens is 235 g/mol. The number of thiol groups is 1. The fourth-order valence-corrected chi connectivity index (χ4v) is 1.50. The van der Waals surface area contributed by atoms with Gasteiger partial charge >= 0.3 is 0 Å². The first-order chi connectivity index (χ1) is 6.08. The summed E-state index contributed by atoms with van der Waals surface area (Å²) in [6.07, 6.45) is 0. The minimum Gasteiger partial charge on any atom is -0.261 e. The summed E-state index contributed by atoms with van der Waals surface area (Å²) in [6.45, 7) is 1.06. The lowest BCUT2D eigenvalue weighted by atomic mass is 10.2. The van der Waals surface area contributed by atoms with E-state index in [1.807, 2.05) is 0 Å². The van der Waals surface area contributed by atoms with Gasteiger partial charge in [-0.1, -0.05) is 23.2 Å². The third-order valence-electron chi connectivity index (χ3n) is 1.16. The van der Waals surface area contributed by atoms with Crippen LogP contribution in [-0.2, 0) is 15.2 Å². The molecular formula is C7H5Cl2O3S. The van der Waals surface area contributed by atoms with Crippen molar-refractivity contribution in [3.05, 3.63) is 40.4 Å². The van der Waals surface area contributed by atoms with Gasteiger partial charge in [-0.25, -0.2) is 8.42 Å². The monoisotopic (exact) mass is 239 g/mol. The summed E-state index contributed by atoms with van der Waals surface area (Å²) in [5, 5.41) is 0.840. The van der Waals surface area contributed by atoms with Gasteiger partial charge in [0.25, 0.3) is 11.0 Å². The lowest BCUT2D eigenvalue weighted by molar-refractivity contribution is 0.429. The Morgan fingerprint density at radius 1 is 1.15 bits per heavy atom. The van der Waals surface area contributed by atoms with Crippen molar-refractivity contribution in [1.82, 2.24) is 0 Å².